The van der Waals surface area contributed by atoms with Crippen molar-refractivity contribution in [1.82, 2.24) is 10.1 Å². The number of aliphatic hydroxyl groups is 1. The first-order valence-corrected chi connectivity index (χ1v) is 5.16. The molecule has 0 aliphatic carbocycles. The van der Waals surface area contributed by atoms with Gasteiger partial charge in [0.2, 0.25) is 0 Å². The summed E-state index contributed by atoms with van der Waals surface area (Å²) in [5, 5.41) is 12.5. The van der Waals surface area contributed by atoms with Gasteiger partial charge in [0, 0.05) is 19.0 Å². The van der Waals surface area contributed by atoms with Gasteiger partial charge in [0.25, 0.3) is 0 Å². The Morgan fingerprint density at radius 2 is 2.21 bits per heavy atom. The zero-order valence-electron chi connectivity index (χ0n) is 8.28. The number of aliphatic hydroxyl groups excluding tert-OH is 1. The summed E-state index contributed by atoms with van der Waals surface area (Å²) in [6, 6.07) is 1.83. The standard InChI is InChI=1S/C10H16N2O2/c13-8-9-7-10(14-11-9)3-6-12-4-1-2-5-12/h7,13H,1-6,8H2. The summed E-state index contributed by atoms with van der Waals surface area (Å²) in [5.74, 6) is 0.876. The van der Waals surface area contributed by atoms with Crippen molar-refractivity contribution in [3.05, 3.63) is 17.5 Å². The Kier molecular flexibility index (Phi) is 3.16. The summed E-state index contributed by atoms with van der Waals surface area (Å²) in [4.78, 5) is 2.43. The minimum atomic E-state index is -0.0345. The molecule has 2 rings (SSSR count). The second-order valence-corrected chi connectivity index (χ2v) is 3.74. The summed E-state index contributed by atoms with van der Waals surface area (Å²) in [7, 11) is 0. The number of likely N-dealkylation sites (tertiary alicyclic amines) is 1. The molecule has 1 saturated heterocycles. The normalized spacial score (nSPS) is 17.8. The van der Waals surface area contributed by atoms with E-state index in [0.29, 0.717) is 5.69 Å². The molecule has 0 unspecified atom stereocenters. The number of hydrogen-bond donors (Lipinski definition) is 1. The van der Waals surface area contributed by atoms with Crippen LogP contribution in [0.25, 0.3) is 0 Å². The third-order valence-electron chi connectivity index (χ3n) is 2.64. The van der Waals surface area contributed by atoms with Gasteiger partial charge in [-0.1, -0.05) is 5.16 Å². The lowest BCUT2D eigenvalue weighted by atomic mass is 10.3. The molecule has 0 spiro atoms. The lowest BCUT2D eigenvalue weighted by molar-refractivity contribution is 0.263. The molecule has 1 N–H and O–H groups in total. The third-order valence-corrected chi connectivity index (χ3v) is 2.64. The van der Waals surface area contributed by atoms with E-state index < -0.39 is 0 Å². The average Bonchev–Trinajstić information content (AvgIpc) is 2.86. The topological polar surface area (TPSA) is 49.5 Å². The molecule has 14 heavy (non-hydrogen) atoms. The van der Waals surface area contributed by atoms with Crippen molar-refractivity contribution in [2.75, 3.05) is 19.6 Å². The van der Waals surface area contributed by atoms with Crippen molar-refractivity contribution >= 4 is 0 Å². The molecule has 78 valence electrons. The zero-order valence-corrected chi connectivity index (χ0v) is 8.28. The van der Waals surface area contributed by atoms with Crippen molar-refractivity contribution in [2.45, 2.75) is 25.9 Å². The highest BCUT2D eigenvalue weighted by molar-refractivity contribution is 5.04. The molecule has 0 radical (unpaired) electrons. The van der Waals surface area contributed by atoms with Crippen molar-refractivity contribution in [3.8, 4) is 0 Å². The molecule has 0 aromatic carbocycles. The summed E-state index contributed by atoms with van der Waals surface area (Å²) < 4.78 is 5.08. The smallest absolute Gasteiger partial charge is 0.138 e. The SMILES string of the molecule is OCc1cc(CCN2CCCC2)on1. The fourth-order valence-corrected chi connectivity index (χ4v) is 1.82. The van der Waals surface area contributed by atoms with Crippen LogP contribution in [-0.2, 0) is 13.0 Å². The zero-order chi connectivity index (χ0) is 9.80. The predicted molar refractivity (Wildman–Crippen MR) is 51.8 cm³/mol. The van der Waals surface area contributed by atoms with Crippen LogP contribution >= 0.6 is 0 Å². The van der Waals surface area contributed by atoms with E-state index in [-0.39, 0.29) is 6.61 Å². The van der Waals surface area contributed by atoms with Gasteiger partial charge in [0.15, 0.2) is 0 Å². The monoisotopic (exact) mass is 196 g/mol. The Balaban J connectivity index is 1.79. The van der Waals surface area contributed by atoms with Crippen LogP contribution in [0, 0.1) is 0 Å². The molecule has 0 bridgehead atoms. The molecule has 4 nitrogen and oxygen atoms in total. The third kappa shape index (κ3) is 2.33. The second kappa shape index (κ2) is 4.57. The van der Waals surface area contributed by atoms with E-state index in [4.69, 9.17) is 9.63 Å². The van der Waals surface area contributed by atoms with Gasteiger partial charge >= 0.3 is 0 Å². The summed E-state index contributed by atoms with van der Waals surface area (Å²) >= 11 is 0. The van der Waals surface area contributed by atoms with E-state index >= 15 is 0 Å². The van der Waals surface area contributed by atoms with Gasteiger partial charge < -0.3 is 14.5 Å². The van der Waals surface area contributed by atoms with Crippen molar-refractivity contribution in [1.29, 1.82) is 0 Å². The van der Waals surface area contributed by atoms with Crippen LogP contribution in [0.5, 0.6) is 0 Å². The highest BCUT2D eigenvalue weighted by Crippen LogP contribution is 2.10. The lowest BCUT2D eigenvalue weighted by Gasteiger charge is -2.12. The Hall–Kier alpha value is -0.870. The maximum Gasteiger partial charge on any atom is 0.138 e. The quantitative estimate of drug-likeness (QED) is 0.774. The van der Waals surface area contributed by atoms with Crippen LogP contribution in [0.4, 0.5) is 0 Å². The van der Waals surface area contributed by atoms with Gasteiger partial charge in [-0.05, 0) is 25.9 Å². The van der Waals surface area contributed by atoms with E-state index in [1.54, 1.807) is 0 Å². The van der Waals surface area contributed by atoms with E-state index in [9.17, 15) is 0 Å². The molecule has 0 amide bonds. The Bertz CT molecular complexity index is 279. The Labute approximate surface area is 83.5 Å². The highest BCUT2D eigenvalue weighted by atomic mass is 16.5. The van der Waals surface area contributed by atoms with Crippen molar-refractivity contribution < 1.29 is 9.63 Å². The predicted octanol–water partition coefficient (Wildman–Crippen LogP) is 0.805. The minimum absolute atomic E-state index is 0.0345. The van der Waals surface area contributed by atoms with Crippen molar-refractivity contribution in [2.24, 2.45) is 0 Å². The van der Waals surface area contributed by atoms with Crippen LogP contribution in [0.15, 0.2) is 10.6 Å². The van der Waals surface area contributed by atoms with E-state index in [0.717, 1.165) is 18.7 Å². The molecule has 1 aromatic heterocycles. The van der Waals surface area contributed by atoms with Crippen LogP contribution < -0.4 is 0 Å². The number of hydrogen-bond acceptors (Lipinski definition) is 4. The first kappa shape index (κ1) is 9.68. The molecule has 1 aliphatic heterocycles. The summed E-state index contributed by atoms with van der Waals surface area (Å²) in [6.07, 6.45) is 3.53. The molecular formula is C10H16N2O2. The van der Waals surface area contributed by atoms with E-state index in [1.807, 2.05) is 6.07 Å². The van der Waals surface area contributed by atoms with E-state index in [1.165, 1.54) is 25.9 Å². The number of rotatable bonds is 4. The highest BCUT2D eigenvalue weighted by Gasteiger charge is 2.12. The molecule has 4 heteroatoms. The van der Waals surface area contributed by atoms with Crippen LogP contribution in [0.1, 0.15) is 24.3 Å². The first-order valence-electron chi connectivity index (χ1n) is 5.16. The van der Waals surface area contributed by atoms with Gasteiger partial charge in [0.05, 0.1) is 6.61 Å². The average molecular weight is 196 g/mol. The maximum atomic E-state index is 8.80. The molecular weight excluding hydrogens is 180 g/mol. The van der Waals surface area contributed by atoms with Gasteiger partial charge in [-0.15, -0.1) is 0 Å². The molecule has 2 heterocycles. The number of nitrogens with zero attached hydrogens (tertiary/aromatic N) is 2. The van der Waals surface area contributed by atoms with Crippen LogP contribution in [0.2, 0.25) is 0 Å². The molecule has 0 saturated carbocycles. The number of aromatic nitrogens is 1. The fraction of sp³-hybridized carbons (Fsp3) is 0.700. The molecule has 1 fully saturated rings. The fourth-order valence-electron chi connectivity index (χ4n) is 1.82. The van der Waals surface area contributed by atoms with Gasteiger partial charge in [-0.25, -0.2) is 0 Å². The maximum absolute atomic E-state index is 8.80. The summed E-state index contributed by atoms with van der Waals surface area (Å²) in [6.45, 7) is 3.43. The van der Waals surface area contributed by atoms with Crippen molar-refractivity contribution in [3.63, 3.8) is 0 Å². The van der Waals surface area contributed by atoms with Crippen LogP contribution in [0.3, 0.4) is 0 Å². The molecule has 1 aromatic rings. The lowest BCUT2D eigenvalue weighted by Crippen LogP contribution is -2.21. The van der Waals surface area contributed by atoms with Gasteiger partial charge in [0.1, 0.15) is 11.5 Å². The molecule has 1 aliphatic rings. The Morgan fingerprint density at radius 3 is 2.86 bits per heavy atom. The minimum Gasteiger partial charge on any atom is -0.390 e. The first-order chi connectivity index (χ1) is 6.88. The largest absolute Gasteiger partial charge is 0.390 e. The Morgan fingerprint density at radius 1 is 1.43 bits per heavy atom. The van der Waals surface area contributed by atoms with E-state index in [2.05, 4.69) is 10.1 Å². The van der Waals surface area contributed by atoms with Gasteiger partial charge in [-0.3, -0.25) is 0 Å². The van der Waals surface area contributed by atoms with Crippen LogP contribution in [-0.4, -0.2) is 34.8 Å². The van der Waals surface area contributed by atoms with Gasteiger partial charge in [-0.2, -0.15) is 0 Å². The summed E-state index contributed by atoms with van der Waals surface area (Å²) in [5.41, 5.74) is 0.626. The second-order valence-electron chi connectivity index (χ2n) is 3.74. The molecule has 0 atom stereocenters.